The fourth-order valence-corrected chi connectivity index (χ4v) is 5.40. The second kappa shape index (κ2) is 15.5. The largest absolute Gasteiger partial charge is 0.497 e. The number of hydrogen-bond donors (Lipinski definition) is 1. The standard InChI is InChI=1S/C31H38ClN3O6S/c1-5-6-18-33-31(37)28(19-23-10-8-7-9-11-23)34(21-24-12-14-25(32)15-13-24)30(36)22-35(42(4,38)39)27-20-26(40-2)16-17-29(27)41-3/h7-17,20,28H,5-6,18-19,21-22H2,1-4H3,(H,33,37)/t28-/m1/s1. The lowest BCUT2D eigenvalue weighted by Crippen LogP contribution is -2.53. The smallest absolute Gasteiger partial charge is 0.244 e. The van der Waals surface area contributed by atoms with Gasteiger partial charge in [0.2, 0.25) is 21.8 Å². The maximum Gasteiger partial charge on any atom is 0.244 e. The number of nitrogens with one attached hydrogen (secondary N) is 1. The van der Waals surface area contributed by atoms with Crippen molar-refractivity contribution in [1.82, 2.24) is 10.2 Å². The summed E-state index contributed by atoms with van der Waals surface area (Å²) in [5, 5.41) is 3.49. The van der Waals surface area contributed by atoms with Crippen LogP contribution in [-0.2, 0) is 32.6 Å². The second-order valence-electron chi connectivity index (χ2n) is 9.81. The molecular formula is C31H38ClN3O6S. The quantitative estimate of drug-likeness (QED) is 0.249. The number of benzene rings is 3. The predicted molar refractivity (Wildman–Crippen MR) is 166 cm³/mol. The molecule has 0 unspecified atom stereocenters. The molecule has 0 heterocycles. The lowest BCUT2D eigenvalue weighted by atomic mass is 10.0. The zero-order chi connectivity index (χ0) is 30.7. The van der Waals surface area contributed by atoms with E-state index in [2.05, 4.69) is 5.32 Å². The minimum atomic E-state index is -3.97. The van der Waals surface area contributed by atoms with Gasteiger partial charge in [0.1, 0.15) is 24.1 Å². The third kappa shape index (κ3) is 9.12. The molecule has 9 nitrogen and oxygen atoms in total. The van der Waals surface area contributed by atoms with Crippen molar-refractivity contribution in [2.45, 2.75) is 38.8 Å². The zero-order valence-electron chi connectivity index (χ0n) is 24.4. The van der Waals surface area contributed by atoms with Crippen molar-refractivity contribution in [2.75, 3.05) is 37.9 Å². The Balaban J connectivity index is 2.08. The fourth-order valence-electron chi connectivity index (χ4n) is 4.43. The number of methoxy groups -OCH3 is 2. The number of ether oxygens (including phenoxy) is 2. The Labute approximate surface area is 253 Å². The molecule has 0 fully saturated rings. The summed E-state index contributed by atoms with van der Waals surface area (Å²) >= 11 is 6.10. The third-order valence-electron chi connectivity index (χ3n) is 6.70. The number of carbonyl (C=O) groups excluding carboxylic acids is 2. The minimum absolute atomic E-state index is 0.0571. The van der Waals surface area contributed by atoms with Gasteiger partial charge in [0, 0.05) is 30.6 Å². The molecule has 0 radical (unpaired) electrons. The highest BCUT2D eigenvalue weighted by atomic mass is 35.5. The van der Waals surface area contributed by atoms with E-state index in [1.54, 1.807) is 36.4 Å². The molecule has 3 rings (SSSR count). The van der Waals surface area contributed by atoms with Crippen LogP contribution in [0, 0.1) is 0 Å². The molecule has 0 saturated heterocycles. The summed E-state index contributed by atoms with van der Waals surface area (Å²) in [6.07, 6.45) is 2.93. The van der Waals surface area contributed by atoms with Gasteiger partial charge < -0.3 is 19.7 Å². The van der Waals surface area contributed by atoms with Gasteiger partial charge in [-0.2, -0.15) is 0 Å². The molecule has 0 aliphatic carbocycles. The van der Waals surface area contributed by atoms with E-state index in [4.69, 9.17) is 21.1 Å². The summed E-state index contributed by atoms with van der Waals surface area (Å²) in [6.45, 7) is 1.97. The van der Waals surface area contributed by atoms with Gasteiger partial charge in [-0.3, -0.25) is 13.9 Å². The lowest BCUT2D eigenvalue weighted by Gasteiger charge is -2.33. The molecular weight excluding hydrogens is 578 g/mol. The van der Waals surface area contributed by atoms with E-state index in [0.717, 1.165) is 34.5 Å². The van der Waals surface area contributed by atoms with Crippen LogP contribution < -0.4 is 19.1 Å². The highest BCUT2D eigenvalue weighted by Gasteiger charge is 2.33. The van der Waals surface area contributed by atoms with Gasteiger partial charge >= 0.3 is 0 Å². The number of rotatable bonds is 15. The van der Waals surface area contributed by atoms with Crippen LogP contribution in [0.3, 0.4) is 0 Å². The number of anilines is 1. The Morgan fingerprint density at radius 1 is 0.952 bits per heavy atom. The number of carbonyl (C=O) groups is 2. The minimum Gasteiger partial charge on any atom is -0.497 e. The molecule has 0 aliphatic rings. The first kappa shape index (κ1) is 32.8. The molecule has 0 saturated carbocycles. The average molecular weight is 616 g/mol. The van der Waals surface area contributed by atoms with Gasteiger partial charge in [-0.05, 0) is 41.8 Å². The molecule has 0 aliphatic heterocycles. The molecule has 0 aromatic heterocycles. The molecule has 3 aromatic carbocycles. The molecule has 11 heteroatoms. The Hall–Kier alpha value is -3.76. The van der Waals surface area contributed by atoms with Crippen molar-refractivity contribution in [3.05, 3.63) is 88.9 Å². The van der Waals surface area contributed by atoms with Crippen molar-refractivity contribution in [1.29, 1.82) is 0 Å². The Morgan fingerprint density at radius 2 is 1.64 bits per heavy atom. The first-order valence-electron chi connectivity index (χ1n) is 13.6. The Morgan fingerprint density at radius 3 is 2.24 bits per heavy atom. The van der Waals surface area contributed by atoms with Crippen molar-refractivity contribution in [3.8, 4) is 11.5 Å². The summed E-state index contributed by atoms with van der Waals surface area (Å²) in [5.74, 6) is -0.245. The van der Waals surface area contributed by atoms with Crippen LogP contribution in [0.25, 0.3) is 0 Å². The van der Waals surface area contributed by atoms with Gasteiger partial charge in [0.15, 0.2) is 0 Å². The lowest BCUT2D eigenvalue weighted by molar-refractivity contribution is -0.140. The summed E-state index contributed by atoms with van der Waals surface area (Å²) < 4.78 is 37.9. The number of halogens is 1. The highest BCUT2D eigenvalue weighted by molar-refractivity contribution is 7.92. The van der Waals surface area contributed by atoms with Crippen molar-refractivity contribution in [2.24, 2.45) is 0 Å². The molecule has 3 aromatic rings. The molecule has 1 atom stereocenters. The second-order valence-corrected chi connectivity index (χ2v) is 12.1. The normalized spacial score (nSPS) is 11.8. The molecule has 0 bridgehead atoms. The van der Waals surface area contributed by atoms with Crippen LogP contribution in [0.15, 0.2) is 72.8 Å². The predicted octanol–water partition coefficient (Wildman–Crippen LogP) is 4.68. The van der Waals surface area contributed by atoms with Crippen LogP contribution in [0.5, 0.6) is 11.5 Å². The number of nitrogens with zero attached hydrogens (tertiary/aromatic N) is 2. The first-order chi connectivity index (χ1) is 20.1. The summed E-state index contributed by atoms with van der Waals surface area (Å²) in [6, 6.07) is 20.1. The van der Waals surface area contributed by atoms with E-state index < -0.39 is 28.5 Å². The van der Waals surface area contributed by atoms with Gasteiger partial charge in [0.05, 0.1) is 26.2 Å². The van der Waals surface area contributed by atoms with Gasteiger partial charge in [-0.15, -0.1) is 0 Å². The van der Waals surface area contributed by atoms with Crippen LogP contribution in [0.4, 0.5) is 5.69 Å². The van der Waals surface area contributed by atoms with Gasteiger partial charge in [-0.1, -0.05) is 67.4 Å². The summed E-state index contributed by atoms with van der Waals surface area (Å²) in [5.41, 5.74) is 1.74. The maximum absolute atomic E-state index is 14.2. The molecule has 42 heavy (non-hydrogen) atoms. The topological polar surface area (TPSA) is 105 Å². The SMILES string of the molecule is CCCCNC(=O)[C@@H](Cc1ccccc1)N(Cc1ccc(Cl)cc1)C(=O)CN(c1cc(OC)ccc1OC)S(C)(=O)=O. The fraction of sp³-hybridized carbons (Fsp3) is 0.355. The Kier molecular flexibility index (Phi) is 12.1. The number of sulfonamides is 1. The van der Waals surface area contributed by atoms with E-state index in [-0.39, 0.29) is 30.3 Å². The monoisotopic (exact) mass is 615 g/mol. The molecule has 226 valence electrons. The van der Waals surface area contributed by atoms with Gasteiger partial charge in [-0.25, -0.2) is 8.42 Å². The number of hydrogen-bond acceptors (Lipinski definition) is 6. The molecule has 2 amide bonds. The van der Waals surface area contributed by atoms with Crippen LogP contribution >= 0.6 is 11.6 Å². The summed E-state index contributed by atoms with van der Waals surface area (Å²) in [7, 11) is -1.10. The summed E-state index contributed by atoms with van der Waals surface area (Å²) in [4.78, 5) is 29.3. The van der Waals surface area contributed by atoms with Crippen LogP contribution in [-0.4, -0.2) is 64.7 Å². The maximum atomic E-state index is 14.2. The molecule has 1 N–H and O–H groups in total. The van der Waals surface area contributed by atoms with Crippen molar-refractivity contribution < 1.29 is 27.5 Å². The van der Waals surface area contributed by atoms with E-state index in [1.807, 2.05) is 37.3 Å². The zero-order valence-corrected chi connectivity index (χ0v) is 26.0. The average Bonchev–Trinajstić information content (AvgIpc) is 2.98. The van der Waals surface area contributed by atoms with E-state index >= 15 is 0 Å². The number of unbranched alkanes of at least 4 members (excludes halogenated alkanes) is 1. The number of amides is 2. The van der Waals surface area contributed by atoms with E-state index in [9.17, 15) is 18.0 Å². The first-order valence-corrected chi connectivity index (χ1v) is 15.8. The highest BCUT2D eigenvalue weighted by Crippen LogP contribution is 2.34. The van der Waals surface area contributed by atoms with Crippen molar-refractivity contribution in [3.63, 3.8) is 0 Å². The van der Waals surface area contributed by atoms with E-state index in [0.29, 0.717) is 17.3 Å². The van der Waals surface area contributed by atoms with Crippen LogP contribution in [0.2, 0.25) is 5.02 Å². The van der Waals surface area contributed by atoms with E-state index in [1.165, 1.54) is 25.2 Å². The van der Waals surface area contributed by atoms with Crippen LogP contribution in [0.1, 0.15) is 30.9 Å². The van der Waals surface area contributed by atoms with Crippen molar-refractivity contribution >= 4 is 39.1 Å². The van der Waals surface area contributed by atoms with Gasteiger partial charge in [0.25, 0.3) is 0 Å². The Bertz CT molecular complexity index is 1430. The molecule has 0 spiro atoms. The third-order valence-corrected chi connectivity index (χ3v) is 8.08.